The van der Waals surface area contributed by atoms with Crippen molar-refractivity contribution in [3.05, 3.63) is 18.5 Å². The van der Waals surface area contributed by atoms with Crippen LogP contribution in [0.15, 0.2) is 18.5 Å². The molecule has 17 heavy (non-hydrogen) atoms. The van der Waals surface area contributed by atoms with E-state index in [-0.39, 0.29) is 0 Å². The lowest BCUT2D eigenvalue weighted by Gasteiger charge is -2.04. The first-order chi connectivity index (χ1) is 8.40. The number of rotatable bonds is 7. The van der Waals surface area contributed by atoms with Crippen LogP contribution in [0.5, 0.6) is 0 Å². The lowest BCUT2D eigenvalue weighted by molar-refractivity contribution is 0.283. The topological polar surface area (TPSA) is 75.3 Å². The van der Waals surface area contributed by atoms with Crippen LogP contribution >= 0.6 is 0 Å². The highest BCUT2D eigenvalue weighted by Gasteiger charge is 1.98. The van der Waals surface area contributed by atoms with Gasteiger partial charge in [0.2, 0.25) is 0 Å². The van der Waals surface area contributed by atoms with E-state index in [1.54, 1.807) is 10.8 Å². The van der Waals surface area contributed by atoms with Crippen LogP contribution in [0, 0.1) is 0 Å². The number of unbranched alkanes of at least 4 members (excludes halogenated alkanes) is 3. The zero-order chi connectivity index (χ0) is 11.9. The molecule has 2 aromatic heterocycles. The van der Waals surface area contributed by atoms with E-state index in [4.69, 9.17) is 5.11 Å². The summed E-state index contributed by atoms with van der Waals surface area (Å²) in [6, 6.07) is 3.78. The quantitative estimate of drug-likeness (QED) is 0.703. The van der Waals surface area contributed by atoms with Crippen molar-refractivity contribution >= 4 is 11.5 Å². The number of hydrogen-bond acceptors (Lipinski definition) is 5. The van der Waals surface area contributed by atoms with E-state index in [0.717, 1.165) is 43.7 Å². The third-order valence-electron chi connectivity index (χ3n) is 2.55. The average Bonchev–Trinajstić information content (AvgIpc) is 2.81. The molecule has 0 fully saturated rings. The fourth-order valence-electron chi connectivity index (χ4n) is 1.63. The van der Waals surface area contributed by atoms with Crippen LogP contribution in [0.3, 0.4) is 0 Å². The van der Waals surface area contributed by atoms with Crippen LogP contribution in [-0.2, 0) is 0 Å². The van der Waals surface area contributed by atoms with Gasteiger partial charge in [0.05, 0.1) is 0 Å². The Morgan fingerprint density at radius 2 is 2.06 bits per heavy atom. The molecule has 0 bridgehead atoms. The van der Waals surface area contributed by atoms with Crippen molar-refractivity contribution in [2.45, 2.75) is 25.7 Å². The van der Waals surface area contributed by atoms with Crippen molar-refractivity contribution < 1.29 is 5.11 Å². The lowest BCUT2D eigenvalue weighted by Crippen LogP contribution is -2.05. The summed E-state index contributed by atoms with van der Waals surface area (Å²) >= 11 is 0. The van der Waals surface area contributed by atoms with Crippen molar-refractivity contribution in [2.75, 3.05) is 18.5 Å². The number of aliphatic hydroxyl groups is 1. The summed E-state index contributed by atoms with van der Waals surface area (Å²) < 4.78 is 1.65. The minimum absolute atomic E-state index is 0.291. The molecule has 0 saturated carbocycles. The maximum Gasteiger partial charge on any atom is 0.177 e. The van der Waals surface area contributed by atoms with Crippen molar-refractivity contribution in [2.24, 2.45) is 0 Å². The molecule has 0 atom stereocenters. The number of nitrogens with one attached hydrogen (secondary N) is 1. The molecule has 2 heterocycles. The van der Waals surface area contributed by atoms with Crippen molar-refractivity contribution in [1.29, 1.82) is 0 Å². The molecule has 0 aliphatic heterocycles. The van der Waals surface area contributed by atoms with Crippen LogP contribution in [-0.4, -0.2) is 38.1 Å². The van der Waals surface area contributed by atoms with E-state index in [1.165, 1.54) is 0 Å². The van der Waals surface area contributed by atoms with Gasteiger partial charge in [-0.25, -0.2) is 0 Å². The first-order valence-corrected chi connectivity index (χ1v) is 5.92. The lowest BCUT2D eigenvalue weighted by atomic mass is 10.2. The Hall–Kier alpha value is -1.69. The van der Waals surface area contributed by atoms with Crippen molar-refractivity contribution in [3.63, 3.8) is 0 Å². The Morgan fingerprint density at radius 3 is 2.94 bits per heavy atom. The molecule has 0 radical (unpaired) electrons. The van der Waals surface area contributed by atoms with Crippen LogP contribution in [0.2, 0.25) is 0 Å². The maximum atomic E-state index is 8.64. The van der Waals surface area contributed by atoms with Gasteiger partial charge < -0.3 is 10.4 Å². The van der Waals surface area contributed by atoms with E-state index in [0.29, 0.717) is 6.61 Å². The summed E-state index contributed by atoms with van der Waals surface area (Å²) in [7, 11) is 0. The number of aliphatic hydroxyl groups excluding tert-OH is 1. The summed E-state index contributed by atoms with van der Waals surface area (Å²) in [5.74, 6) is 0.833. The molecule has 0 unspecified atom stereocenters. The first-order valence-electron chi connectivity index (χ1n) is 5.92. The summed E-state index contributed by atoms with van der Waals surface area (Å²) in [4.78, 5) is 0. The minimum atomic E-state index is 0.291. The summed E-state index contributed by atoms with van der Waals surface area (Å²) in [6.45, 7) is 1.19. The normalized spacial score (nSPS) is 10.9. The first kappa shape index (κ1) is 11.8. The molecule has 92 valence electrons. The molecule has 2 N–H and O–H groups in total. The van der Waals surface area contributed by atoms with Gasteiger partial charge in [-0.05, 0) is 25.0 Å². The van der Waals surface area contributed by atoms with Gasteiger partial charge in [-0.2, -0.15) is 4.52 Å². The highest BCUT2D eigenvalue weighted by molar-refractivity contribution is 5.42. The fraction of sp³-hybridized carbons (Fsp3) is 0.545. The molecule has 0 spiro atoms. The Balaban J connectivity index is 1.75. The van der Waals surface area contributed by atoms with Gasteiger partial charge in [0.25, 0.3) is 0 Å². The van der Waals surface area contributed by atoms with Gasteiger partial charge in [0, 0.05) is 13.2 Å². The van der Waals surface area contributed by atoms with E-state index >= 15 is 0 Å². The van der Waals surface area contributed by atoms with Crippen LogP contribution in [0.25, 0.3) is 5.65 Å². The number of aromatic nitrogens is 4. The van der Waals surface area contributed by atoms with Crippen molar-refractivity contribution in [3.8, 4) is 0 Å². The van der Waals surface area contributed by atoms with Crippen LogP contribution in [0.4, 0.5) is 5.82 Å². The van der Waals surface area contributed by atoms with Gasteiger partial charge in [-0.15, -0.1) is 15.3 Å². The summed E-state index contributed by atoms with van der Waals surface area (Å²) in [5.41, 5.74) is 0.749. The smallest absolute Gasteiger partial charge is 0.177 e. The van der Waals surface area contributed by atoms with Gasteiger partial charge in [-0.1, -0.05) is 12.8 Å². The van der Waals surface area contributed by atoms with Gasteiger partial charge in [-0.3, -0.25) is 0 Å². The highest BCUT2D eigenvalue weighted by atomic mass is 16.2. The average molecular weight is 235 g/mol. The predicted molar refractivity (Wildman–Crippen MR) is 64.8 cm³/mol. The Kier molecular flexibility index (Phi) is 4.26. The van der Waals surface area contributed by atoms with Gasteiger partial charge >= 0.3 is 0 Å². The molecular formula is C11H17N5O. The molecule has 0 amide bonds. The summed E-state index contributed by atoms with van der Waals surface area (Å²) in [5, 5.41) is 23.9. The third kappa shape index (κ3) is 3.39. The minimum Gasteiger partial charge on any atom is -0.396 e. The second-order valence-corrected chi connectivity index (χ2v) is 3.92. The zero-order valence-electron chi connectivity index (χ0n) is 9.71. The molecule has 6 nitrogen and oxygen atoms in total. The van der Waals surface area contributed by atoms with Crippen LogP contribution in [0.1, 0.15) is 25.7 Å². The van der Waals surface area contributed by atoms with Gasteiger partial charge in [0.15, 0.2) is 5.65 Å². The van der Waals surface area contributed by atoms with E-state index in [2.05, 4.69) is 20.6 Å². The Labute approximate surface area is 99.7 Å². The van der Waals surface area contributed by atoms with E-state index in [1.807, 2.05) is 12.1 Å². The van der Waals surface area contributed by atoms with Crippen LogP contribution < -0.4 is 5.32 Å². The Morgan fingerprint density at radius 1 is 1.18 bits per heavy atom. The molecular weight excluding hydrogens is 218 g/mol. The zero-order valence-corrected chi connectivity index (χ0v) is 9.71. The number of nitrogens with zero attached hydrogens (tertiary/aromatic N) is 4. The number of anilines is 1. The fourth-order valence-corrected chi connectivity index (χ4v) is 1.63. The monoisotopic (exact) mass is 235 g/mol. The van der Waals surface area contributed by atoms with E-state index in [9.17, 15) is 0 Å². The van der Waals surface area contributed by atoms with Crippen molar-refractivity contribution in [1.82, 2.24) is 19.8 Å². The van der Waals surface area contributed by atoms with Gasteiger partial charge in [0.1, 0.15) is 12.1 Å². The highest BCUT2D eigenvalue weighted by Crippen LogP contribution is 2.05. The number of hydrogen-bond donors (Lipinski definition) is 2. The second-order valence-electron chi connectivity index (χ2n) is 3.92. The molecule has 0 aromatic carbocycles. The molecule has 6 heteroatoms. The molecule has 0 aliphatic rings. The maximum absolute atomic E-state index is 8.64. The van der Waals surface area contributed by atoms with E-state index < -0.39 is 0 Å². The summed E-state index contributed by atoms with van der Waals surface area (Å²) in [6.07, 6.45) is 5.77. The molecule has 0 aliphatic carbocycles. The predicted octanol–water partition coefficient (Wildman–Crippen LogP) is 1.09. The third-order valence-corrected chi connectivity index (χ3v) is 2.55. The largest absolute Gasteiger partial charge is 0.396 e. The second kappa shape index (κ2) is 6.15. The molecule has 0 saturated heterocycles. The standard InChI is InChI=1S/C11H17N5O/c17-8-4-2-1-3-7-12-10-5-6-11-14-13-9-16(11)15-10/h5-6,9,17H,1-4,7-8H2,(H,12,15). The SMILES string of the molecule is OCCCCCCNc1ccc2nncn2n1. The molecule has 2 rings (SSSR count). The number of fused-ring (bicyclic) bond motifs is 1. The Bertz CT molecular complexity index is 456. The molecule has 2 aromatic rings.